The maximum atomic E-state index is 12.3. The van der Waals surface area contributed by atoms with Crippen molar-refractivity contribution in [3.63, 3.8) is 0 Å². The summed E-state index contributed by atoms with van der Waals surface area (Å²) in [6, 6.07) is 0.387. The van der Waals surface area contributed by atoms with Crippen LogP contribution >= 0.6 is 11.8 Å². The number of aromatic nitrogens is 2. The van der Waals surface area contributed by atoms with Crippen LogP contribution in [-0.4, -0.2) is 16.3 Å². The van der Waals surface area contributed by atoms with Crippen LogP contribution in [0.2, 0.25) is 0 Å². The zero-order chi connectivity index (χ0) is 18.4. The molecule has 0 spiro atoms. The van der Waals surface area contributed by atoms with Gasteiger partial charge in [-0.3, -0.25) is 0 Å². The van der Waals surface area contributed by atoms with Gasteiger partial charge in [0.1, 0.15) is 16.3 Å². The molecule has 0 aliphatic carbocycles. The lowest BCUT2D eigenvalue weighted by atomic mass is 10.3. The fourth-order valence-electron chi connectivity index (χ4n) is 2.88. The van der Waals surface area contributed by atoms with Crippen molar-refractivity contribution in [3.8, 4) is 0 Å². The van der Waals surface area contributed by atoms with E-state index in [9.17, 15) is 9.90 Å². The van der Waals surface area contributed by atoms with Gasteiger partial charge in [-0.05, 0) is 41.5 Å². The van der Waals surface area contributed by atoms with Crippen molar-refractivity contribution in [2.45, 2.75) is 78.4 Å². The molecule has 7 heteroatoms. The molecular weight excluding hydrogens is 328 g/mol. The average Bonchev–Trinajstić information content (AvgIpc) is 2.64. The van der Waals surface area contributed by atoms with Crippen LogP contribution in [0.3, 0.4) is 0 Å². The van der Waals surface area contributed by atoms with E-state index >= 15 is 0 Å². The van der Waals surface area contributed by atoms with Gasteiger partial charge in [-0.15, -0.1) is 0 Å². The summed E-state index contributed by atoms with van der Waals surface area (Å²) < 4.78 is 14.7. The van der Waals surface area contributed by atoms with Crippen LogP contribution in [0.5, 0.6) is 0 Å². The first-order chi connectivity index (χ1) is 11.0. The molecule has 0 aromatic carbocycles. The molecule has 134 valence electrons. The van der Waals surface area contributed by atoms with Gasteiger partial charge >= 0.3 is 11.1 Å². The van der Waals surface area contributed by atoms with E-state index in [1.165, 1.54) is 0 Å². The number of carbonyl (C=O) groups excluding carboxylic acids is 1. The molecule has 0 N–H and O–H groups in total. The minimum Gasteiger partial charge on any atom is -0.574 e. The first kappa shape index (κ1) is 18.7. The molecule has 1 aromatic heterocycles. The zero-order valence-corrected chi connectivity index (χ0v) is 16.4. The fraction of sp³-hybridized carbons (Fsp3) is 0.647. The monoisotopic (exact) mass is 354 g/mol. The Morgan fingerprint density at radius 2 is 1.75 bits per heavy atom. The number of rotatable bonds is 4. The molecular formula is C17H26N2O4S. The van der Waals surface area contributed by atoms with Gasteiger partial charge in [0.05, 0.1) is 18.0 Å². The molecule has 0 amide bonds. The molecule has 0 fully saturated rings. The lowest BCUT2D eigenvalue weighted by molar-refractivity contribution is -0.756. The largest absolute Gasteiger partial charge is 0.574 e. The zero-order valence-electron chi connectivity index (χ0n) is 15.6. The summed E-state index contributed by atoms with van der Waals surface area (Å²) in [5.74, 6) is -2.50. The second-order valence-electron chi connectivity index (χ2n) is 6.99. The number of cyclic esters (lactones) is 1. The quantitative estimate of drug-likeness (QED) is 0.614. The topological polar surface area (TPSA) is 67.4 Å². The van der Waals surface area contributed by atoms with Gasteiger partial charge < -0.3 is 14.6 Å². The predicted octanol–water partition coefficient (Wildman–Crippen LogP) is 2.49. The van der Waals surface area contributed by atoms with Gasteiger partial charge in [-0.1, -0.05) is 0 Å². The number of esters is 1. The summed E-state index contributed by atoms with van der Waals surface area (Å²) >= 11 is 1.12. The molecule has 1 aliphatic rings. The van der Waals surface area contributed by atoms with Gasteiger partial charge in [-0.25, -0.2) is 13.9 Å². The Labute approximate surface area is 147 Å². The van der Waals surface area contributed by atoms with E-state index in [2.05, 4.69) is 36.8 Å². The Bertz CT molecular complexity index is 670. The molecule has 0 saturated heterocycles. The minimum atomic E-state index is -1.22. The number of thioether (sulfide) groups is 1. The standard InChI is InChI=1S/C17H26N2O4S/c1-9(2)18-11(5)12(6)19(10(3)4)16(18)24-13-14(20)22-17(7,8)23-15(13)21/h9-10H,1-8H3. The van der Waals surface area contributed by atoms with E-state index in [1.54, 1.807) is 13.8 Å². The molecule has 0 bridgehead atoms. The average molecular weight is 354 g/mol. The number of imidazole rings is 1. The smallest absolute Gasteiger partial charge is 0.348 e. The van der Waals surface area contributed by atoms with Gasteiger partial charge in [0.2, 0.25) is 0 Å². The van der Waals surface area contributed by atoms with Gasteiger partial charge in [0.25, 0.3) is 0 Å². The van der Waals surface area contributed by atoms with Crippen molar-refractivity contribution in [3.05, 3.63) is 22.2 Å². The second-order valence-corrected chi connectivity index (χ2v) is 7.97. The van der Waals surface area contributed by atoms with E-state index < -0.39 is 17.7 Å². The number of ether oxygens (including phenoxy) is 2. The van der Waals surface area contributed by atoms with E-state index in [0.29, 0.717) is 0 Å². The summed E-state index contributed by atoms with van der Waals surface area (Å²) in [7, 11) is 0. The Hall–Kier alpha value is -1.63. The molecule has 0 unspecified atom stereocenters. The molecule has 24 heavy (non-hydrogen) atoms. The van der Waals surface area contributed by atoms with E-state index in [1.807, 2.05) is 13.8 Å². The Morgan fingerprint density at radius 1 is 1.17 bits per heavy atom. The van der Waals surface area contributed by atoms with Crippen LogP contribution in [0.1, 0.15) is 65.0 Å². The van der Waals surface area contributed by atoms with E-state index in [-0.39, 0.29) is 17.0 Å². The number of carbonyl (C=O) groups is 1. The van der Waals surface area contributed by atoms with E-state index in [4.69, 9.17) is 9.47 Å². The summed E-state index contributed by atoms with van der Waals surface area (Å²) in [5.41, 5.74) is 2.22. The third kappa shape index (κ3) is 3.27. The minimum absolute atomic E-state index is 0.0388. The SMILES string of the molecule is Cc1c(C)[n+](C(C)C)c(SC2=C([O-])OC(C)(C)OC2=O)n1C(C)C. The van der Waals surface area contributed by atoms with Crippen molar-refractivity contribution < 1.29 is 23.9 Å². The highest BCUT2D eigenvalue weighted by Crippen LogP contribution is 2.36. The van der Waals surface area contributed by atoms with Gasteiger partial charge in [0.15, 0.2) is 5.79 Å². The maximum Gasteiger partial charge on any atom is 0.348 e. The van der Waals surface area contributed by atoms with Gasteiger partial charge in [-0.2, -0.15) is 0 Å². The molecule has 2 rings (SSSR count). The first-order valence-electron chi connectivity index (χ1n) is 8.10. The highest BCUT2D eigenvalue weighted by molar-refractivity contribution is 8.03. The fourth-order valence-corrected chi connectivity index (χ4v) is 4.21. The highest BCUT2D eigenvalue weighted by Gasteiger charge is 2.36. The number of hydrogen-bond donors (Lipinski definition) is 0. The Kier molecular flexibility index (Phi) is 4.95. The normalized spacial score (nSPS) is 17.5. The van der Waals surface area contributed by atoms with Crippen LogP contribution in [0.15, 0.2) is 16.0 Å². The molecule has 1 aromatic rings. The van der Waals surface area contributed by atoms with Crippen LogP contribution in [-0.2, 0) is 14.3 Å². The Balaban J connectivity index is 2.57. The van der Waals surface area contributed by atoms with Crippen molar-refractivity contribution in [2.24, 2.45) is 0 Å². The lowest BCUT2D eigenvalue weighted by Crippen LogP contribution is -2.42. The third-order valence-corrected chi connectivity index (χ3v) is 5.05. The third-order valence-electron chi connectivity index (χ3n) is 3.93. The number of hydrogen-bond acceptors (Lipinski definition) is 5. The molecule has 6 nitrogen and oxygen atoms in total. The first-order valence-corrected chi connectivity index (χ1v) is 8.92. The molecule has 0 atom stereocenters. The van der Waals surface area contributed by atoms with Crippen molar-refractivity contribution in [1.29, 1.82) is 0 Å². The van der Waals surface area contributed by atoms with Crippen molar-refractivity contribution >= 4 is 17.7 Å². The van der Waals surface area contributed by atoms with Crippen LogP contribution < -0.4 is 9.67 Å². The summed E-state index contributed by atoms with van der Waals surface area (Å²) in [6.07, 6.45) is 0. The second kappa shape index (κ2) is 6.35. The van der Waals surface area contributed by atoms with Crippen molar-refractivity contribution in [1.82, 2.24) is 4.57 Å². The summed E-state index contributed by atoms with van der Waals surface area (Å²) in [5, 5.41) is 13.1. The lowest BCUT2D eigenvalue weighted by Gasteiger charge is -2.38. The highest BCUT2D eigenvalue weighted by atomic mass is 32.2. The Morgan fingerprint density at radius 3 is 2.21 bits per heavy atom. The van der Waals surface area contributed by atoms with Gasteiger partial charge in [0, 0.05) is 25.6 Å². The predicted molar refractivity (Wildman–Crippen MR) is 89.0 cm³/mol. The van der Waals surface area contributed by atoms with E-state index in [0.717, 1.165) is 28.3 Å². The van der Waals surface area contributed by atoms with Crippen LogP contribution in [0, 0.1) is 13.8 Å². The van der Waals surface area contributed by atoms with Crippen LogP contribution in [0.4, 0.5) is 0 Å². The van der Waals surface area contributed by atoms with Crippen molar-refractivity contribution in [2.75, 3.05) is 0 Å². The molecule has 2 heterocycles. The molecule has 0 saturated carbocycles. The maximum absolute atomic E-state index is 12.3. The summed E-state index contributed by atoms with van der Waals surface area (Å²) in [6.45, 7) is 15.5. The summed E-state index contributed by atoms with van der Waals surface area (Å²) in [4.78, 5) is 12.2. The van der Waals surface area contributed by atoms with Crippen LogP contribution in [0.25, 0.3) is 0 Å². The molecule has 0 radical (unpaired) electrons. The number of nitrogens with zero attached hydrogens (tertiary/aromatic N) is 2. The molecule has 1 aliphatic heterocycles.